The van der Waals surface area contributed by atoms with Gasteiger partial charge in [-0.3, -0.25) is 0 Å². The van der Waals surface area contributed by atoms with Gasteiger partial charge in [0.25, 0.3) is 0 Å². The zero-order chi connectivity index (χ0) is 16.0. The van der Waals surface area contributed by atoms with E-state index in [1.54, 1.807) is 22.0 Å². The minimum Gasteiger partial charge on any atom is -0.354 e. The Balaban J connectivity index is 1.58. The van der Waals surface area contributed by atoms with Crippen LogP contribution in [0, 0.1) is 6.92 Å². The maximum Gasteiger partial charge on any atom is 0.217 e. The third-order valence-electron chi connectivity index (χ3n) is 4.57. The minimum atomic E-state index is -3.08. The maximum absolute atomic E-state index is 12.4. The SMILES string of the molecule is Cc1csc2c(N3CCCN(S(=O)(=O)C4CC4)CC3)ncnc12. The number of fused-ring (bicyclic) bond motifs is 1. The Morgan fingerprint density at radius 1 is 1.17 bits per heavy atom. The Morgan fingerprint density at radius 2 is 2.00 bits per heavy atom. The van der Waals surface area contributed by atoms with Crippen molar-refractivity contribution in [3.63, 3.8) is 0 Å². The van der Waals surface area contributed by atoms with Crippen molar-refractivity contribution in [2.75, 3.05) is 31.1 Å². The number of hydrogen-bond donors (Lipinski definition) is 0. The molecule has 0 aromatic carbocycles. The molecule has 2 fully saturated rings. The Bertz CT molecular complexity index is 829. The Labute approximate surface area is 140 Å². The minimum absolute atomic E-state index is 0.125. The highest BCUT2D eigenvalue weighted by molar-refractivity contribution is 7.90. The number of aryl methyl sites for hydroxylation is 1. The highest BCUT2D eigenvalue weighted by Gasteiger charge is 2.40. The fourth-order valence-corrected chi connectivity index (χ4v) is 6.01. The van der Waals surface area contributed by atoms with Crippen LogP contribution in [0.3, 0.4) is 0 Å². The molecule has 1 saturated carbocycles. The standard InChI is InChI=1S/C15H20N4O2S2/c1-11-9-22-14-13(11)16-10-17-15(14)18-5-2-6-19(8-7-18)23(20,21)12-3-4-12/h9-10,12H,2-8H2,1H3. The van der Waals surface area contributed by atoms with E-state index >= 15 is 0 Å². The largest absolute Gasteiger partial charge is 0.354 e. The van der Waals surface area contributed by atoms with Crippen LogP contribution in [0.15, 0.2) is 11.7 Å². The van der Waals surface area contributed by atoms with Gasteiger partial charge in [0.05, 0.1) is 15.5 Å². The number of thiophene rings is 1. The number of nitrogens with zero attached hydrogens (tertiary/aromatic N) is 4. The van der Waals surface area contributed by atoms with Crippen LogP contribution in [0.25, 0.3) is 10.2 Å². The van der Waals surface area contributed by atoms with Gasteiger partial charge in [-0.2, -0.15) is 4.31 Å². The number of aromatic nitrogens is 2. The first-order valence-corrected chi connectivity index (χ1v) is 10.4. The quantitative estimate of drug-likeness (QED) is 0.845. The molecule has 2 aromatic heterocycles. The number of rotatable bonds is 3. The van der Waals surface area contributed by atoms with Crippen LogP contribution >= 0.6 is 11.3 Å². The van der Waals surface area contributed by atoms with Crippen LogP contribution in [0.4, 0.5) is 5.82 Å². The highest BCUT2D eigenvalue weighted by Crippen LogP contribution is 2.33. The van der Waals surface area contributed by atoms with Gasteiger partial charge in [-0.15, -0.1) is 11.3 Å². The molecule has 6 nitrogen and oxygen atoms in total. The molecule has 23 heavy (non-hydrogen) atoms. The zero-order valence-corrected chi connectivity index (χ0v) is 14.7. The Hall–Kier alpha value is -1.25. The summed E-state index contributed by atoms with van der Waals surface area (Å²) in [6.07, 6.45) is 4.09. The highest BCUT2D eigenvalue weighted by atomic mass is 32.2. The average molecular weight is 352 g/mol. The third kappa shape index (κ3) is 2.72. The van der Waals surface area contributed by atoms with Gasteiger partial charge in [0.15, 0.2) is 0 Å². The van der Waals surface area contributed by atoms with E-state index in [2.05, 4.69) is 27.2 Å². The fourth-order valence-electron chi connectivity index (χ4n) is 3.12. The van der Waals surface area contributed by atoms with Crippen molar-refractivity contribution >= 4 is 37.4 Å². The number of anilines is 1. The van der Waals surface area contributed by atoms with Crippen molar-refractivity contribution in [2.45, 2.75) is 31.4 Å². The lowest BCUT2D eigenvalue weighted by atomic mass is 10.3. The van der Waals surface area contributed by atoms with Crippen LogP contribution in [-0.4, -0.2) is 54.1 Å². The monoisotopic (exact) mass is 352 g/mol. The first kappa shape index (κ1) is 15.3. The van der Waals surface area contributed by atoms with Crippen LogP contribution in [0.1, 0.15) is 24.8 Å². The van der Waals surface area contributed by atoms with Gasteiger partial charge < -0.3 is 4.90 Å². The van der Waals surface area contributed by atoms with Crippen molar-refractivity contribution < 1.29 is 8.42 Å². The molecule has 3 heterocycles. The van der Waals surface area contributed by atoms with E-state index in [1.807, 2.05) is 0 Å². The van der Waals surface area contributed by atoms with E-state index in [-0.39, 0.29) is 5.25 Å². The topological polar surface area (TPSA) is 66.4 Å². The summed E-state index contributed by atoms with van der Waals surface area (Å²) in [5.74, 6) is 0.943. The molecule has 8 heteroatoms. The van der Waals surface area contributed by atoms with Crippen molar-refractivity contribution in [1.29, 1.82) is 0 Å². The van der Waals surface area contributed by atoms with E-state index in [0.717, 1.165) is 41.8 Å². The van der Waals surface area contributed by atoms with E-state index in [4.69, 9.17) is 0 Å². The van der Waals surface area contributed by atoms with E-state index in [9.17, 15) is 8.42 Å². The van der Waals surface area contributed by atoms with Gasteiger partial charge in [0.2, 0.25) is 10.0 Å². The van der Waals surface area contributed by atoms with Crippen LogP contribution in [-0.2, 0) is 10.0 Å². The maximum atomic E-state index is 12.4. The Kier molecular flexibility index (Phi) is 3.78. The van der Waals surface area contributed by atoms with Crippen molar-refractivity contribution in [3.05, 3.63) is 17.3 Å². The molecule has 0 atom stereocenters. The van der Waals surface area contributed by atoms with E-state index in [1.165, 1.54) is 5.56 Å². The molecule has 1 aliphatic carbocycles. The molecule has 0 amide bonds. The van der Waals surface area contributed by atoms with E-state index in [0.29, 0.717) is 19.6 Å². The zero-order valence-electron chi connectivity index (χ0n) is 13.1. The molecule has 0 N–H and O–H groups in total. The van der Waals surface area contributed by atoms with Gasteiger partial charge in [0, 0.05) is 26.2 Å². The summed E-state index contributed by atoms with van der Waals surface area (Å²) >= 11 is 1.66. The molecule has 0 radical (unpaired) electrons. The van der Waals surface area contributed by atoms with Crippen LogP contribution in [0.2, 0.25) is 0 Å². The van der Waals surface area contributed by atoms with Gasteiger partial charge in [-0.25, -0.2) is 18.4 Å². The van der Waals surface area contributed by atoms with Crippen molar-refractivity contribution in [3.8, 4) is 0 Å². The predicted molar refractivity (Wildman–Crippen MR) is 92.5 cm³/mol. The molecule has 0 spiro atoms. The van der Waals surface area contributed by atoms with Crippen molar-refractivity contribution in [1.82, 2.24) is 14.3 Å². The molecule has 2 aliphatic rings. The summed E-state index contributed by atoms with van der Waals surface area (Å²) in [7, 11) is -3.08. The summed E-state index contributed by atoms with van der Waals surface area (Å²) in [5.41, 5.74) is 2.17. The van der Waals surface area contributed by atoms with Gasteiger partial charge in [-0.05, 0) is 37.1 Å². The third-order valence-corrected chi connectivity index (χ3v) is 8.05. The number of hydrogen-bond acceptors (Lipinski definition) is 6. The smallest absolute Gasteiger partial charge is 0.217 e. The molecular weight excluding hydrogens is 332 g/mol. The average Bonchev–Trinajstić information content (AvgIpc) is 3.35. The summed E-state index contributed by atoms with van der Waals surface area (Å²) in [4.78, 5) is 11.1. The summed E-state index contributed by atoms with van der Waals surface area (Å²) in [6.45, 7) is 4.75. The molecule has 2 aromatic rings. The summed E-state index contributed by atoms with van der Waals surface area (Å²) in [6, 6.07) is 0. The van der Waals surface area contributed by atoms with Crippen molar-refractivity contribution in [2.24, 2.45) is 0 Å². The molecule has 0 bridgehead atoms. The molecular formula is C15H20N4O2S2. The fraction of sp³-hybridized carbons (Fsp3) is 0.600. The lowest BCUT2D eigenvalue weighted by Crippen LogP contribution is -2.37. The number of sulfonamides is 1. The van der Waals surface area contributed by atoms with Gasteiger partial charge in [0.1, 0.15) is 12.1 Å². The lowest BCUT2D eigenvalue weighted by Gasteiger charge is -2.22. The van der Waals surface area contributed by atoms with Gasteiger partial charge >= 0.3 is 0 Å². The first-order chi connectivity index (χ1) is 11.1. The lowest BCUT2D eigenvalue weighted by molar-refractivity contribution is 0.432. The molecule has 4 rings (SSSR count). The van der Waals surface area contributed by atoms with Gasteiger partial charge in [-0.1, -0.05) is 0 Å². The molecule has 124 valence electrons. The molecule has 0 unspecified atom stereocenters. The predicted octanol–water partition coefficient (Wildman–Crippen LogP) is 2.00. The van der Waals surface area contributed by atoms with Crippen LogP contribution < -0.4 is 4.90 Å². The summed E-state index contributed by atoms with van der Waals surface area (Å²) < 4.78 is 27.7. The molecule has 1 aliphatic heterocycles. The Morgan fingerprint density at radius 3 is 2.78 bits per heavy atom. The normalized spacial score (nSPS) is 20.8. The molecule has 1 saturated heterocycles. The van der Waals surface area contributed by atoms with E-state index < -0.39 is 10.0 Å². The summed E-state index contributed by atoms with van der Waals surface area (Å²) in [5, 5.41) is 1.98. The van der Waals surface area contributed by atoms with Crippen LogP contribution in [0.5, 0.6) is 0 Å². The second-order valence-electron chi connectivity index (χ2n) is 6.28. The first-order valence-electron chi connectivity index (χ1n) is 8.00. The second kappa shape index (κ2) is 5.68. The second-order valence-corrected chi connectivity index (χ2v) is 9.37.